The monoisotopic (exact) mass is 285 g/mol. The van der Waals surface area contributed by atoms with Crippen LogP contribution in [0, 0.1) is 5.82 Å². The molecule has 0 heterocycles. The largest absolute Gasteiger partial charge is 0.336 e. The number of rotatable bonds is 6. The van der Waals surface area contributed by atoms with Gasteiger partial charge in [0.1, 0.15) is 5.82 Å². The van der Waals surface area contributed by atoms with Gasteiger partial charge in [-0.2, -0.15) is 0 Å². The highest BCUT2D eigenvalue weighted by molar-refractivity contribution is 6.31. The summed E-state index contributed by atoms with van der Waals surface area (Å²) in [5.74, 6) is -0.804. The number of carbonyl (C=O) groups excluding carboxylic acids is 1. The predicted octanol–water partition coefficient (Wildman–Crippen LogP) is 4.52. The predicted molar refractivity (Wildman–Crippen MR) is 77.1 cm³/mol. The first-order valence-electron chi connectivity index (χ1n) is 6.73. The molecule has 0 fully saturated rings. The van der Waals surface area contributed by atoms with Crippen LogP contribution in [0.25, 0.3) is 0 Å². The SMILES string of the molecule is CCCCCN(C(=O)c1cc(Cl)ccc1F)C(C)C. The molecule has 0 bridgehead atoms. The van der Waals surface area contributed by atoms with Crippen LogP contribution < -0.4 is 0 Å². The molecule has 1 amide bonds. The van der Waals surface area contributed by atoms with Crippen molar-refractivity contribution in [3.05, 3.63) is 34.6 Å². The first kappa shape index (κ1) is 16.0. The fourth-order valence-electron chi connectivity index (χ4n) is 1.94. The van der Waals surface area contributed by atoms with Crippen LogP contribution >= 0.6 is 11.6 Å². The Morgan fingerprint density at radius 2 is 2.05 bits per heavy atom. The van der Waals surface area contributed by atoms with Gasteiger partial charge in [-0.15, -0.1) is 0 Å². The van der Waals surface area contributed by atoms with E-state index in [2.05, 4.69) is 6.92 Å². The van der Waals surface area contributed by atoms with E-state index in [1.807, 2.05) is 13.8 Å². The summed E-state index contributed by atoms with van der Waals surface area (Å²) < 4.78 is 13.7. The van der Waals surface area contributed by atoms with Crippen molar-refractivity contribution < 1.29 is 9.18 Å². The fourth-order valence-corrected chi connectivity index (χ4v) is 2.11. The maximum absolute atomic E-state index is 13.7. The summed E-state index contributed by atoms with van der Waals surface area (Å²) in [6, 6.07) is 4.13. The molecule has 1 aromatic rings. The smallest absolute Gasteiger partial charge is 0.257 e. The number of nitrogens with zero attached hydrogens (tertiary/aromatic N) is 1. The van der Waals surface area contributed by atoms with Crippen LogP contribution in [-0.2, 0) is 0 Å². The van der Waals surface area contributed by atoms with Crippen molar-refractivity contribution in [3.63, 3.8) is 0 Å². The van der Waals surface area contributed by atoms with Gasteiger partial charge in [-0.05, 0) is 38.5 Å². The van der Waals surface area contributed by atoms with Crippen molar-refractivity contribution in [1.82, 2.24) is 4.90 Å². The normalized spacial score (nSPS) is 10.8. The lowest BCUT2D eigenvalue weighted by Crippen LogP contribution is -2.38. The third-order valence-electron chi connectivity index (χ3n) is 3.05. The molecule has 0 N–H and O–H groups in total. The zero-order chi connectivity index (χ0) is 14.4. The lowest BCUT2D eigenvalue weighted by Gasteiger charge is -2.27. The van der Waals surface area contributed by atoms with Crippen LogP contribution in [0.1, 0.15) is 50.4 Å². The van der Waals surface area contributed by atoms with Gasteiger partial charge in [0.15, 0.2) is 0 Å². The second kappa shape index (κ2) is 7.49. The van der Waals surface area contributed by atoms with E-state index in [0.717, 1.165) is 19.3 Å². The van der Waals surface area contributed by atoms with Gasteiger partial charge in [0, 0.05) is 17.6 Å². The average Bonchev–Trinajstić information content (AvgIpc) is 2.36. The van der Waals surface area contributed by atoms with Crippen LogP contribution in [0.3, 0.4) is 0 Å². The molecule has 0 aliphatic carbocycles. The van der Waals surface area contributed by atoms with Crippen molar-refractivity contribution in [1.29, 1.82) is 0 Å². The lowest BCUT2D eigenvalue weighted by molar-refractivity contribution is 0.0697. The third kappa shape index (κ3) is 4.50. The molecule has 106 valence electrons. The molecule has 0 radical (unpaired) electrons. The van der Waals surface area contributed by atoms with Crippen molar-refractivity contribution in [2.24, 2.45) is 0 Å². The number of carbonyl (C=O) groups is 1. The zero-order valence-electron chi connectivity index (χ0n) is 11.7. The first-order chi connectivity index (χ1) is 8.97. The van der Waals surface area contributed by atoms with Gasteiger partial charge in [-0.1, -0.05) is 31.4 Å². The first-order valence-corrected chi connectivity index (χ1v) is 7.11. The Morgan fingerprint density at radius 1 is 1.37 bits per heavy atom. The standard InChI is InChI=1S/C15H21ClFNO/c1-4-5-6-9-18(11(2)3)15(19)13-10-12(16)7-8-14(13)17/h7-8,10-11H,4-6,9H2,1-3H3. The Hall–Kier alpha value is -1.09. The van der Waals surface area contributed by atoms with E-state index < -0.39 is 5.82 Å². The van der Waals surface area contributed by atoms with Crippen LogP contribution in [-0.4, -0.2) is 23.4 Å². The minimum Gasteiger partial charge on any atom is -0.336 e. The summed E-state index contributed by atoms with van der Waals surface area (Å²) in [6.07, 6.45) is 3.09. The Morgan fingerprint density at radius 3 is 2.63 bits per heavy atom. The van der Waals surface area contributed by atoms with Gasteiger partial charge >= 0.3 is 0 Å². The number of amides is 1. The van der Waals surface area contributed by atoms with Crippen molar-refractivity contribution >= 4 is 17.5 Å². The van der Waals surface area contributed by atoms with Crippen LogP contribution in [0.15, 0.2) is 18.2 Å². The zero-order valence-corrected chi connectivity index (χ0v) is 12.5. The quantitative estimate of drug-likeness (QED) is 0.704. The number of halogens is 2. The minimum absolute atomic E-state index is 0.0442. The highest BCUT2D eigenvalue weighted by Gasteiger charge is 2.21. The molecule has 0 aliphatic rings. The van der Waals surface area contributed by atoms with E-state index in [1.165, 1.54) is 18.2 Å². The van der Waals surface area contributed by atoms with E-state index >= 15 is 0 Å². The number of unbranched alkanes of at least 4 members (excludes halogenated alkanes) is 2. The lowest BCUT2D eigenvalue weighted by atomic mass is 10.1. The molecule has 2 nitrogen and oxygen atoms in total. The molecule has 0 aliphatic heterocycles. The molecule has 0 saturated carbocycles. The number of hydrogen-bond donors (Lipinski definition) is 0. The molecule has 0 spiro atoms. The van der Waals surface area contributed by atoms with E-state index in [0.29, 0.717) is 11.6 Å². The Labute approximate surface area is 119 Å². The molecule has 1 rings (SSSR count). The molecule has 19 heavy (non-hydrogen) atoms. The molecular formula is C15H21ClFNO. The summed E-state index contributed by atoms with van der Waals surface area (Å²) in [5.41, 5.74) is 0.0534. The van der Waals surface area contributed by atoms with E-state index in [4.69, 9.17) is 11.6 Å². The summed E-state index contributed by atoms with van der Waals surface area (Å²) >= 11 is 5.83. The highest BCUT2D eigenvalue weighted by atomic mass is 35.5. The summed E-state index contributed by atoms with van der Waals surface area (Å²) in [7, 11) is 0. The van der Waals surface area contributed by atoms with Crippen molar-refractivity contribution in [2.75, 3.05) is 6.54 Å². The summed E-state index contributed by atoms with van der Waals surface area (Å²) in [4.78, 5) is 14.1. The molecule has 0 unspecified atom stereocenters. The van der Waals surface area contributed by atoms with Crippen LogP contribution in [0.4, 0.5) is 4.39 Å². The molecular weight excluding hydrogens is 265 g/mol. The molecule has 0 saturated heterocycles. The second-order valence-corrected chi connectivity index (χ2v) is 5.36. The maximum atomic E-state index is 13.7. The Balaban J connectivity index is 2.89. The van der Waals surface area contributed by atoms with Crippen molar-refractivity contribution in [2.45, 2.75) is 46.1 Å². The van der Waals surface area contributed by atoms with E-state index in [9.17, 15) is 9.18 Å². The minimum atomic E-state index is -0.518. The van der Waals surface area contributed by atoms with Gasteiger partial charge in [0.25, 0.3) is 5.91 Å². The topological polar surface area (TPSA) is 20.3 Å². The second-order valence-electron chi connectivity index (χ2n) is 4.92. The number of hydrogen-bond acceptors (Lipinski definition) is 1. The van der Waals surface area contributed by atoms with Gasteiger partial charge < -0.3 is 4.90 Å². The van der Waals surface area contributed by atoms with Crippen molar-refractivity contribution in [3.8, 4) is 0 Å². The number of benzene rings is 1. The highest BCUT2D eigenvalue weighted by Crippen LogP contribution is 2.18. The molecule has 4 heteroatoms. The maximum Gasteiger partial charge on any atom is 0.257 e. The van der Waals surface area contributed by atoms with Gasteiger partial charge in [0.05, 0.1) is 5.56 Å². The van der Waals surface area contributed by atoms with Gasteiger partial charge in [0.2, 0.25) is 0 Å². The third-order valence-corrected chi connectivity index (χ3v) is 3.28. The van der Waals surface area contributed by atoms with E-state index in [1.54, 1.807) is 4.90 Å². The van der Waals surface area contributed by atoms with Crippen LogP contribution in [0.2, 0.25) is 5.02 Å². The Bertz CT molecular complexity index is 434. The molecule has 0 atom stereocenters. The van der Waals surface area contributed by atoms with E-state index in [-0.39, 0.29) is 17.5 Å². The fraction of sp³-hybridized carbons (Fsp3) is 0.533. The van der Waals surface area contributed by atoms with Gasteiger partial charge in [-0.3, -0.25) is 4.79 Å². The molecule has 1 aromatic carbocycles. The molecule has 0 aromatic heterocycles. The van der Waals surface area contributed by atoms with Crippen LogP contribution in [0.5, 0.6) is 0 Å². The average molecular weight is 286 g/mol. The van der Waals surface area contributed by atoms with Gasteiger partial charge in [-0.25, -0.2) is 4.39 Å². The summed E-state index contributed by atoms with van der Waals surface area (Å²) in [6.45, 7) is 6.63. The Kier molecular flexibility index (Phi) is 6.29. The summed E-state index contributed by atoms with van der Waals surface area (Å²) in [5, 5.41) is 0.377.